The Bertz CT molecular complexity index is 638. The number of carbonyl (C=O) groups excluding carboxylic acids is 1. The Balaban J connectivity index is 1.50. The summed E-state index contributed by atoms with van der Waals surface area (Å²) in [6.45, 7) is 3.01. The van der Waals surface area contributed by atoms with Gasteiger partial charge in [0, 0.05) is 19.5 Å². The second-order valence-corrected chi connectivity index (χ2v) is 5.18. The van der Waals surface area contributed by atoms with E-state index in [4.69, 9.17) is 4.52 Å². The minimum absolute atomic E-state index is 0.0146. The molecule has 2 aromatic rings. The van der Waals surface area contributed by atoms with Crippen LogP contribution in [-0.2, 0) is 24.2 Å². The van der Waals surface area contributed by atoms with Crippen LogP contribution in [0.25, 0.3) is 0 Å². The Labute approximate surface area is 122 Å². The minimum atomic E-state index is -0.177. The Hall–Kier alpha value is -2.21. The Morgan fingerprint density at radius 3 is 3.00 bits per heavy atom. The molecule has 0 bridgehead atoms. The third-order valence-electron chi connectivity index (χ3n) is 3.61. The van der Waals surface area contributed by atoms with Crippen LogP contribution in [0.4, 0.5) is 0 Å². The topological polar surface area (TPSA) is 80.0 Å². The molecule has 0 saturated carbocycles. The van der Waals surface area contributed by atoms with E-state index < -0.39 is 0 Å². The van der Waals surface area contributed by atoms with E-state index in [0.717, 1.165) is 13.0 Å². The number of nitrogens with zero attached hydrogens (tertiary/aromatic N) is 2. The molecule has 6 heteroatoms. The molecule has 2 N–H and O–H groups in total. The minimum Gasteiger partial charge on any atom is -0.354 e. The summed E-state index contributed by atoms with van der Waals surface area (Å²) < 4.78 is 5.01. The molecule has 0 aliphatic carbocycles. The Morgan fingerprint density at radius 2 is 2.24 bits per heavy atom. The van der Waals surface area contributed by atoms with E-state index in [2.05, 4.69) is 32.9 Å². The van der Waals surface area contributed by atoms with Crippen molar-refractivity contribution in [2.24, 2.45) is 0 Å². The summed E-state index contributed by atoms with van der Waals surface area (Å²) in [5.74, 6) is 1.18. The van der Waals surface area contributed by atoms with E-state index in [1.165, 1.54) is 11.1 Å². The Morgan fingerprint density at radius 1 is 1.43 bits per heavy atom. The molecule has 2 heterocycles. The lowest BCUT2D eigenvalue weighted by molar-refractivity contribution is -0.123. The molecule has 1 aliphatic rings. The average Bonchev–Trinajstić information content (AvgIpc) is 2.92. The summed E-state index contributed by atoms with van der Waals surface area (Å²) in [6, 6.07) is 8.03. The molecule has 1 amide bonds. The highest BCUT2D eigenvalue weighted by molar-refractivity contribution is 5.82. The summed E-state index contributed by atoms with van der Waals surface area (Å²) in [4.78, 5) is 16.3. The molecule has 6 nitrogen and oxygen atoms in total. The van der Waals surface area contributed by atoms with E-state index in [9.17, 15) is 4.79 Å². The first-order valence-electron chi connectivity index (χ1n) is 7.09. The van der Waals surface area contributed by atoms with Gasteiger partial charge in [0.25, 0.3) is 0 Å². The first kappa shape index (κ1) is 13.8. The van der Waals surface area contributed by atoms with Crippen molar-refractivity contribution in [2.75, 3.05) is 6.54 Å². The van der Waals surface area contributed by atoms with Gasteiger partial charge in [-0.15, -0.1) is 0 Å². The van der Waals surface area contributed by atoms with Gasteiger partial charge >= 0.3 is 0 Å². The third kappa shape index (κ3) is 3.28. The molecule has 1 aliphatic heterocycles. The summed E-state index contributed by atoms with van der Waals surface area (Å²) in [7, 11) is 0. The van der Waals surface area contributed by atoms with Crippen molar-refractivity contribution in [2.45, 2.75) is 32.4 Å². The first-order chi connectivity index (χ1) is 10.2. The summed E-state index contributed by atoms with van der Waals surface area (Å²) >= 11 is 0. The molecule has 110 valence electrons. The molecule has 21 heavy (non-hydrogen) atoms. The molecular formula is C15H18N4O2. The predicted octanol–water partition coefficient (Wildman–Crippen LogP) is 0.751. The highest BCUT2D eigenvalue weighted by Gasteiger charge is 2.23. The SMILES string of the molecule is Cc1noc(CCNC(=O)[C@H]2Cc3ccccc3CN2)n1. The fraction of sp³-hybridized carbons (Fsp3) is 0.400. The molecule has 1 aromatic carbocycles. The number of fused-ring (bicyclic) bond motifs is 1. The van der Waals surface area contributed by atoms with Crippen LogP contribution in [-0.4, -0.2) is 28.6 Å². The number of aromatic nitrogens is 2. The van der Waals surface area contributed by atoms with Crippen molar-refractivity contribution in [1.82, 2.24) is 20.8 Å². The summed E-state index contributed by atoms with van der Waals surface area (Å²) in [5.41, 5.74) is 2.51. The lowest BCUT2D eigenvalue weighted by atomic mass is 9.95. The van der Waals surface area contributed by atoms with Gasteiger partial charge in [-0.2, -0.15) is 4.98 Å². The third-order valence-corrected chi connectivity index (χ3v) is 3.61. The van der Waals surface area contributed by atoms with E-state index in [0.29, 0.717) is 24.7 Å². The molecule has 1 atom stereocenters. The van der Waals surface area contributed by atoms with E-state index in [1.807, 2.05) is 12.1 Å². The van der Waals surface area contributed by atoms with Gasteiger partial charge in [-0.25, -0.2) is 0 Å². The lowest BCUT2D eigenvalue weighted by Crippen LogP contribution is -2.48. The highest BCUT2D eigenvalue weighted by atomic mass is 16.5. The number of amides is 1. The van der Waals surface area contributed by atoms with Crippen LogP contribution in [0.5, 0.6) is 0 Å². The highest BCUT2D eigenvalue weighted by Crippen LogP contribution is 2.16. The van der Waals surface area contributed by atoms with Crippen LogP contribution in [0.2, 0.25) is 0 Å². The van der Waals surface area contributed by atoms with Gasteiger partial charge < -0.3 is 15.2 Å². The zero-order chi connectivity index (χ0) is 14.7. The van der Waals surface area contributed by atoms with Crippen molar-refractivity contribution < 1.29 is 9.32 Å². The maximum atomic E-state index is 12.2. The molecule has 1 aromatic heterocycles. The van der Waals surface area contributed by atoms with Gasteiger partial charge in [-0.05, 0) is 24.5 Å². The number of hydrogen-bond donors (Lipinski definition) is 2. The molecule has 0 spiro atoms. The molecule has 3 rings (SSSR count). The fourth-order valence-electron chi connectivity index (χ4n) is 2.50. The number of nitrogens with one attached hydrogen (secondary N) is 2. The lowest BCUT2D eigenvalue weighted by Gasteiger charge is -2.25. The summed E-state index contributed by atoms with van der Waals surface area (Å²) in [6.07, 6.45) is 1.28. The van der Waals surface area contributed by atoms with Crippen LogP contribution in [0.15, 0.2) is 28.8 Å². The van der Waals surface area contributed by atoms with Crippen molar-refractivity contribution in [3.63, 3.8) is 0 Å². The number of rotatable bonds is 4. The number of aryl methyl sites for hydroxylation is 1. The number of hydrogen-bond acceptors (Lipinski definition) is 5. The number of carbonyl (C=O) groups is 1. The molecule has 0 unspecified atom stereocenters. The van der Waals surface area contributed by atoms with Crippen LogP contribution in [0.1, 0.15) is 22.8 Å². The van der Waals surface area contributed by atoms with Gasteiger partial charge in [-0.3, -0.25) is 4.79 Å². The fourth-order valence-corrected chi connectivity index (χ4v) is 2.50. The van der Waals surface area contributed by atoms with Crippen LogP contribution in [0.3, 0.4) is 0 Å². The maximum absolute atomic E-state index is 12.2. The standard InChI is InChI=1S/C15H18N4O2/c1-10-18-14(21-19-10)6-7-16-15(20)13-8-11-4-2-3-5-12(11)9-17-13/h2-5,13,17H,6-9H2,1H3,(H,16,20)/t13-/m1/s1. The quantitative estimate of drug-likeness (QED) is 0.867. The normalized spacial score (nSPS) is 17.3. The average molecular weight is 286 g/mol. The van der Waals surface area contributed by atoms with Crippen LogP contribution in [0, 0.1) is 6.92 Å². The van der Waals surface area contributed by atoms with E-state index in [-0.39, 0.29) is 11.9 Å². The van der Waals surface area contributed by atoms with Crippen molar-refractivity contribution in [3.05, 3.63) is 47.1 Å². The second kappa shape index (κ2) is 6.05. The smallest absolute Gasteiger partial charge is 0.237 e. The maximum Gasteiger partial charge on any atom is 0.237 e. The zero-order valence-electron chi connectivity index (χ0n) is 11.9. The molecule has 0 saturated heterocycles. The second-order valence-electron chi connectivity index (χ2n) is 5.18. The monoisotopic (exact) mass is 286 g/mol. The van der Waals surface area contributed by atoms with Gasteiger partial charge in [-0.1, -0.05) is 29.4 Å². The number of benzene rings is 1. The van der Waals surface area contributed by atoms with Crippen molar-refractivity contribution in [3.8, 4) is 0 Å². The van der Waals surface area contributed by atoms with E-state index in [1.54, 1.807) is 6.92 Å². The zero-order valence-corrected chi connectivity index (χ0v) is 11.9. The van der Waals surface area contributed by atoms with Crippen LogP contribution < -0.4 is 10.6 Å². The first-order valence-corrected chi connectivity index (χ1v) is 7.09. The molecule has 0 radical (unpaired) electrons. The van der Waals surface area contributed by atoms with Gasteiger partial charge in [0.2, 0.25) is 11.8 Å². The van der Waals surface area contributed by atoms with Crippen LogP contribution >= 0.6 is 0 Å². The van der Waals surface area contributed by atoms with Crippen molar-refractivity contribution in [1.29, 1.82) is 0 Å². The molecule has 0 fully saturated rings. The predicted molar refractivity (Wildman–Crippen MR) is 76.5 cm³/mol. The van der Waals surface area contributed by atoms with Crippen molar-refractivity contribution >= 4 is 5.91 Å². The van der Waals surface area contributed by atoms with Gasteiger partial charge in [0.05, 0.1) is 6.04 Å². The largest absolute Gasteiger partial charge is 0.354 e. The Kier molecular flexibility index (Phi) is 3.96. The van der Waals surface area contributed by atoms with E-state index >= 15 is 0 Å². The molecular weight excluding hydrogens is 268 g/mol. The van der Waals surface area contributed by atoms with Gasteiger partial charge in [0.15, 0.2) is 5.82 Å². The summed E-state index contributed by atoms with van der Waals surface area (Å²) in [5, 5.41) is 9.89. The van der Waals surface area contributed by atoms with Gasteiger partial charge in [0.1, 0.15) is 0 Å².